The fourth-order valence-electron chi connectivity index (χ4n) is 2.69. The zero-order valence-electron chi connectivity index (χ0n) is 14.8. The average Bonchev–Trinajstić information content (AvgIpc) is 3.01. The van der Waals surface area contributed by atoms with Crippen molar-refractivity contribution in [2.75, 3.05) is 19.7 Å². The fourth-order valence-corrected chi connectivity index (χ4v) is 2.69. The van der Waals surface area contributed by atoms with Crippen molar-refractivity contribution < 1.29 is 4.74 Å². The lowest BCUT2D eigenvalue weighted by Gasteiger charge is -2.13. The molecule has 0 bridgehead atoms. The average molecular weight is 360 g/mol. The van der Waals surface area contributed by atoms with E-state index in [0.29, 0.717) is 5.92 Å². The molecular formula is C20H26ClN3O. The zero-order chi connectivity index (χ0) is 16.9. The molecule has 0 spiro atoms. The maximum absolute atomic E-state index is 5.92. The Kier molecular flexibility index (Phi) is 6.85. The summed E-state index contributed by atoms with van der Waals surface area (Å²) >= 11 is 0. The highest BCUT2D eigenvalue weighted by Crippen LogP contribution is 2.17. The Morgan fingerprint density at radius 1 is 1.04 bits per heavy atom. The Bertz CT molecular complexity index is 696. The Balaban J connectivity index is 0.00000225. The standard InChI is InChI=1S/C20H25N3O.ClH/c1-15(2)14-24-19-9-5-17(6-10-19)13-16-3-7-18(8-4-16)20-22-11-12-23(20)21;/h3-10,15H,11-14,21H2,1-2H3;1H. The van der Waals surface area contributed by atoms with Crippen molar-refractivity contribution in [3.8, 4) is 5.75 Å². The molecule has 0 saturated heterocycles. The number of benzene rings is 2. The van der Waals surface area contributed by atoms with Crippen molar-refractivity contribution in [3.05, 3.63) is 65.2 Å². The second kappa shape index (κ2) is 8.88. The fraction of sp³-hybridized carbons (Fsp3) is 0.350. The van der Waals surface area contributed by atoms with E-state index in [2.05, 4.69) is 55.2 Å². The van der Waals surface area contributed by atoms with Crippen LogP contribution in [0.25, 0.3) is 0 Å². The van der Waals surface area contributed by atoms with Gasteiger partial charge in [0.2, 0.25) is 0 Å². The number of nitrogens with zero attached hydrogens (tertiary/aromatic N) is 2. The van der Waals surface area contributed by atoms with Gasteiger partial charge in [0.25, 0.3) is 0 Å². The molecule has 1 aliphatic heterocycles. The molecule has 0 atom stereocenters. The van der Waals surface area contributed by atoms with Gasteiger partial charge in [0.05, 0.1) is 19.7 Å². The lowest BCUT2D eigenvalue weighted by atomic mass is 10.0. The molecule has 0 aromatic heterocycles. The first-order chi connectivity index (χ1) is 11.6. The van der Waals surface area contributed by atoms with E-state index in [1.54, 1.807) is 5.01 Å². The van der Waals surface area contributed by atoms with Gasteiger partial charge in [0.1, 0.15) is 11.6 Å². The van der Waals surface area contributed by atoms with Gasteiger partial charge in [-0.1, -0.05) is 50.2 Å². The van der Waals surface area contributed by atoms with Crippen LogP contribution in [-0.2, 0) is 6.42 Å². The van der Waals surface area contributed by atoms with Gasteiger partial charge in [-0.25, -0.2) is 5.84 Å². The summed E-state index contributed by atoms with van der Waals surface area (Å²) in [6.07, 6.45) is 0.906. The van der Waals surface area contributed by atoms with Gasteiger partial charge in [0.15, 0.2) is 0 Å². The summed E-state index contributed by atoms with van der Waals surface area (Å²) < 4.78 is 5.73. The highest BCUT2D eigenvalue weighted by Gasteiger charge is 2.14. The first-order valence-corrected chi connectivity index (χ1v) is 8.49. The van der Waals surface area contributed by atoms with E-state index < -0.39 is 0 Å². The van der Waals surface area contributed by atoms with Crippen molar-refractivity contribution >= 4 is 18.2 Å². The molecule has 0 aliphatic carbocycles. The van der Waals surface area contributed by atoms with E-state index in [-0.39, 0.29) is 12.4 Å². The predicted molar refractivity (Wildman–Crippen MR) is 106 cm³/mol. The number of ether oxygens (including phenoxy) is 1. The first-order valence-electron chi connectivity index (χ1n) is 8.49. The molecular weight excluding hydrogens is 334 g/mol. The molecule has 5 heteroatoms. The Morgan fingerprint density at radius 2 is 1.64 bits per heavy atom. The minimum Gasteiger partial charge on any atom is -0.493 e. The number of nitrogens with two attached hydrogens (primary N) is 1. The van der Waals surface area contributed by atoms with Crippen LogP contribution < -0.4 is 10.6 Å². The third-order valence-corrected chi connectivity index (χ3v) is 4.00. The van der Waals surface area contributed by atoms with Crippen LogP contribution in [0.3, 0.4) is 0 Å². The third kappa shape index (κ3) is 5.21. The van der Waals surface area contributed by atoms with Crippen molar-refractivity contribution in [3.63, 3.8) is 0 Å². The molecule has 1 heterocycles. The summed E-state index contributed by atoms with van der Waals surface area (Å²) in [5.41, 5.74) is 3.63. The summed E-state index contributed by atoms with van der Waals surface area (Å²) in [4.78, 5) is 4.44. The van der Waals surface area contributed by atoms with E-state index >= 15 is 0 Å². The van der Waals surface area contributed by atoms with Gasteiger partial charge in [-0.15, -0.1) is 12.4 Å². The van der Waals surface area contributed by atoms with Gasteiger partial charge < -0.3 is 4.74 Å². The van der Waals surface area contributed by atoms with Crippen molar-refractivity contribution in [1.29, 1.82) is 0 Å². The summed E-state index contributed by atoms with van der Waals surface area (Å²) in [6.45, 7) is 6.63. The van der Waals surface area contributed by atoms with Crippen LogP contribution in [0.15, 0.2) is 53.5 Å². The van der Waals surface area contributed by atoms with Gasteiger partial charge in [-0.05, 0) is 35.6 Å². The molecule has 25 heavy (non-hydrogen) atoms. The van der Waals surface area contributed by atoms with Gasteiger partial charge in [-0.3, -0.25) is 10.0 Å². The van der Waals surface area contributed by atoms with E-state index in [1.807, 2.05) is 12.1 Å². The lowest BCUT2D eigenvalue weighted by molar-refractivity contribution is 0.271. The number of halogens is 1. The van der Waals surface area contributed by atoms with E-state index in [0.717, 1.165) is 43.3 Å². The Morgan fingerprint density at radius 3 is 2.16 bits per heavy atom. The molecule has 0 saturated carbocycles. The molecule has 3 rings (SSSR count). The minimum absolute atomic E-state index is 0. The smallest absolute Gasteiger partial charge is 0.145 e. The molecule has 0 unspecified atom stereocenters. The van der Waals surface area contributed by atoms with Crippen LogP contribution in [0.1, 0.15) is 30.5 Å². The van der Waals surface area contributed by atoms with Gasteiger partial charge >= 0.3 is 0 Å². The van der Waals surface area contributed by atoms with Crippen LogP contribution in [0.4, 0.5) is 0 Å². The summed E-state index contributed by atoms with van der Waals surface area (Å²) in [5, 5.41) is 1.71. The van der Waals surface area contributed by atoms with Crippen molar-refractivity contribution in [2.24, 2.45) is 16.8 Å². The van der Waals surface area contributed by atoms with E-state index in [1.165, 1.54) is 11.1 Å². The number of amidine groups is 1. The molecule has 2 aromatic rings. The van der Waals surface area contributed by atoms with Crippen molar-refractivity contribution in [2.45, 2.75) is 20.3 Å². The molecule has 0 radical (unpaired) electrons. The summed E-state index contributed by atoms with van der Waals surface area (Å²) in [5.74, 6) is 8.28. The molecule has 2 N–H and O–H groups in total. The molecule has 0 amide bonds. The number of hydrogen-bond acceptors (Lipinski definition) is 4. The van der Waals surface area contributed by atoms with Crippen LogP contribution in [0, 0.1) is 5.92 Å². The van der Waals surface area contributed by atoms with Gasteiger partial charge in [-0.2, -0.15) is 0 Å². The molecule has 0 fully saturated rings. The lowest BCUT2D eigenvalue weighted by Crippen LogP contribution is -2.34. The summed E-state index contributed by atoms with van der Waals surface area (Å²) in [7, 11) is 0. The number of rotatable bonds is 6. The predicted octanol–water partition coefficient (Wildman–Crippen LogP) is 3.67. The van der Waals surface area contributed by atoms with Crippen LogP contribution in [0.5, 0.6) is 5.75 Å². The monoisotopic (exact) mass is 359 g/mol. The number of hydrazine groups is 1. The SMILES string of the molecule is CC(C)COc1ccc(Cc2ccc(C3=NCCN3N)cc2)cc1.Cl. The molecule has 134 valence electrons. The highest BCUT2D eigenvalue weighted by molar-refractivity contribution is 5.99. The van der Waals surface area contributed by atoms with Crippen LogP contribution in [-0.4, -0.2) is 30.5 Å². The van der Waals surface area contributed by atoms with Crippen LogP contribution >= 0.6 is 12.4 Å². The van der Waals surface area contributed by atoms with E-state index in [9.17, 15) is 0 Å². The largest absolute Gasteiger partial charge is 0.493 e. The quantitative estimate of drug-likeness (QED) is 0.800. The first kappa shape index (κ1) is 19.3. The zero-order valence-corrected chi connectivity index (χ0v) is 15.6. The second-order valence-corrected chi connectivity index (χ2v) is 6.62. The minimum atomic E-state index is 0. The molecule has 2 aromatic carbocycles. The second-order valence-electron chi connectivity index (χ2n) is 6.62. The van der Waals surface area contributed by atoms with Crippen LogP contribution in [0.2, 0.25) is 0 Å². The maximum Gasteiger partial charge on any atom is 0.145 e. The molecule has 4 nitrogen and oxygen atoms in total. The topological polar surface area (TPSA) is 50.8 Å². The maximum atomic E-state index is 5.92. The Labute approximate surface area is 156 Å². The normalized spacial score (nSPS) is 13.6. The third-order valence-electron chi connectivity index (χ3n) is 4.00. The van der Waals surface area contributed by atoms with Gasteiger partial charge in [0, 0.05) is 5.56 Å². The number of aliphatic imine (C=N–C) groups is 1. The molecule has 1 aliphatic rings. The highest BCUT2D eigenvalue weighted by atomic mass is 35.5. The Hall–Kier alpha value is -2.04. The van der Waals surface area contributed by atoms with Crippen molar-refractivity contribution in [1.82, 2.24) is 5.01 Å². The number of hydrogen-bond donors (Lipinski definition) is 1. The van der Waals surface area contributed by atoms with E-state index in [4.69, 9.17) is 10.6 Å². The summed E-state index contributed by atoms with van der Waals surface area (Å²) in [6, 6.07) is 16.8.